The van der Waals surface area contributed by atoms with E-state index in [2.05, 4.69) is 5.32 Å². The van der Waals surface area contributed by atoms with Crippen LogP contribution in [0.15, 0.2) is 42.5 Å². The molecule has 0 aliphatic carbocycles. The van der Waals surface area contributed by atoms with Crippen molar-refractivity contribution in [2.75, 3.05) is 12.4 Å². The molecular formula is C17H15Cl2NO3. The van der Waals surface area contributed by atoms with Gasteiger partial charge in [0.1, 0.15) is 5.75 Å². The molecule has 0 bridgehead atoms. The number of amides is 1. The Kier molecular flexibility index (Phi) is 6.02. The van der Waals surface area contributed by atoms with Crippen molar-refractivity contribution in [2.24, 2.45) is 0 Å². The lowest BCUT2D eigenvalue weighted by Gasteiger charge is -2.07. The third kappa shape index (κ3) is 4.98. The molecule has 2 aromatic rings. The molecule has 0 spiro atoms. The first-order valence-corrected chi connectivity index (χ1v) is 7.67. The number of rotatable bonds is 6. The fourth-order valence-electron chi connectivity index (χ4n) is 1.95. The molecule has 6 heteroatoms. The maximum atomic E-state index is 12.0. The summed E-state index contributed by atoms with van der Waals surface area (Å²) in [5.41, 5.74) is 1.01. The zero-order chi connectivity index (χ0) is 16.8. The molecule has 0 aromatic heterocycles. The Balaban J connectivity index is 1.89. The largest absolute Gasteiger partial charge is 0.497 e. The van der Waals surface area contributed by atoms with Gasteiger partial charge in [-0.3, -0.25) is 9.59 Å². The van der Waals surface area contributed by atoms with Gasteiger partial charge in [0, 0.05) is 23.4 Å². The van der Waals surface area contributed by atoms with Crippen LogP contribution in [0.1, 0.15) is 23.2 Å². The van der Waals surface area contributed by atoms with E-state index in [-0.39, 0.29) is 24.5 Å². The summed E-state index contributed by atoms with van der Waals surface area (Å²) in [5.74, 6) is 0.290. The molecule has 2 rings (SSSR count). The van der Waals surface area contributed by atoms with Crippen molar-refractivity contribution in [1.82, 2.24) is 0 Å². The third-order valence-electron chi connectivity index (χ3n) is 3.20. The summed E-state index contributed by atoms with van der Waals surface area (Å²) in [6.45, 7) is 0. The number of ketones is 1. The Morgan fingerprint density at radius 3 is 2.35 bits per heavy atom. The van der Waals surface area contributed by atoms with E-state index in [1.54, 1.807) is 49.6 Å². The molecule has 0 aliphatic heterocycles. The molecule has 0 heterocycles. The summed E-state index contributed by atoms with van der Waals surface area (Å²) >= 11 is 11.8. The van der Waals surface area contributed by atoms with E-state index in [0.29, 0.717) is 27.0 Å². The first kappa shape index (κ1) is 17.3. The van der Waals surface area contributed by atoms with Crippen LogP contribution in [0.5, 0.6) is 5.75 Å². The van der Waals surface area contributed by atoms with Crippen LogP contribution in [0.25, 0.3) is 0 Å². The van der Waals surface area contributed by atoms with E-state index in [4.69, 9.17) is 27.9 Å². The first-order chi connectivity index (χ1) is 11.0. The molecule has 2 aromatic carbocycles. The monoisotopic (exact) mass is 351 g/mol. The van der Waals surface area contributed by atoms with Gasteiger partial charge in [-0.1, -0.05) is 23.2 Å². The van der Waals surface area contributed by atoms with Gasteiger partial charge < -0.3 is 10.1 Å². The minimum Gasteiger partial charge on any atom is -0.497 e. The second-order valence-corrected chi connectivity index (χ2v) is 5.67. The molecular weight excluding hydrogens is 337 g/mol. The maximum Gasteiger partial charge on any atom is 0.224 e. The van der Waals surface area contributed by atoms with Crippen LogP contribution in [0.2, 0.25) is 10.0 Å². The van der Waals surface area contributed by atoms with Crippen LogP contribution in [-0.2, 0) is 4.79 Å². The van der Waals surface area contributed by atoms with Crippen LogP contribution in [0.3, 0.4) is 0 Å². The van der Waals surface area contributed by atoms with Crippen molar-refractivity contribution in [3.05, 3.63) is 58.1 Å². The van der Waals surface area contributed by atoms with Gasteiger partial charge in [0.05, 0.1) is 17.8 Å². The predicted octanol–water partition coefficient (Wildman–Crippen LogP) is 4.60. The van der Waals surface area contributed by atoms with Crippen LogP contribution in [0.4, 0.5) is 5.69 Å². The lowest BCUT2D eigenvalue weighted by molar-refractivity contribution is -0.116. The highest BCUT2D eigenvalue weighted by Gasteiger charge is 2.11. The molecule has 0 saturated heterocycles. The molecule has 23 heavy (non-hydrogen) atoms. The molecule has 0 radical (unpaired) electrons. The first-order valence-electron chi connectivity index (χ1n) is 6.92. The highest BCUT2D eigenvalue weighted by Crippen LogP contribution is 2.25. The molecule has 0 unspecified atom stereocenters. The standard InChI is InChI=1S/C17H15Cl2NO3/c1-23-13-5-2-11(3-6-13)16(21)8-9-17(22)20-15-7-4-12(18)10-14(15)19/h2-7,10H,8-9H2,1H3,(H,20,22). The molecule has 1 amide bonds. The summed E-state index contributed by atoms with van der Waals surface area (Å²) < 4.78 is 5.04. The molecule has 1 N–H and O–H groups in total. The summed E-state index contributed by atoms with van der Waals surface area (Å²) in [6, 6.07) is 11.6. The van der Waals surface area contributed by atoms with Crippen LogP contribution >= 0.6 is 23.2 Å². The zero-order valence-electron chi connectivity index (χ0n) is 12.4. The van der Waals surface area contributed by atoms with Crippen LogP contribution in [-0.4, -0.2) is 18.8 Å². The van der Waals surface area contributed by atoms with Gasteiger partial charge in [-0.2, -0.15) is 0 Å². The molecule has 4 nitrogen and oxygen atoms in total. The Morgan fingerprint density at radius 2 is 1.74 bits per heavy atom. The number of halogens is 2. The lowest BCUT2D eigenvalue weighted by atomic mass is 10.1. The fraction of sp³-hybridized carbons (Fsp3) is 0.176. The Bertz CT molecular complexity index is 714. The van der Waals surface area contributed by atoms with Crippen molar-refractivity contribution < 1.29 is 14.3 Å². The van der Waals surface area contributed by atoms with Gasteiger partial charge in [0.25, 0.3) is 0 Å². The van der Waals surface area contributed by atoms with Crippen LogP contribution in [0, 0.1) is 0 Å². The van der Waals surface area contributed by atoms with Gasteiger partial charge in [0.15, 0.2) is 5.78 Å². The van der Waals surface area contributed by atoms with E-state index < -0.39 is 0 Å². The van der Waals surface area contributed by atoms with Crippen molar-refractivity contribution >= 4 is 40.6 Å². The van der Waals surface area contributed by atoms with Gasteiger partial charge in [-0.25, -0.2) is 0 Å². The van der Waals surface area contributed by atoms with Gasteiger partial charge in [-0.15, -0.1) is 0 Å². The second-order valence-electron chi connectivity index (χ2n) is 4.82. The minimum absolute atomic E-state index is 0.0732. The second kappa shape index (κ2) is 7.99. The topological polar surface area (TPSA) is 55.4 Å². The van der Waals surface area contributed by atoms with Crippen molar-refractivity contribution in [2.45, 2.75) is 12.8 Å². The van der Waals surface area contributed by atoms with Crippen LogP contribution < -0.4 is 10.1 Å². The normalized spacial score (nSPS) is 10.2. The highest BCUT2D eigenvalue weighted by atomic mass is 35.5. The number of ether oxygens (including phenoxy) is 1. The smallest absolute Gasteiger partial charge is 0.224 e. The maximum absolute atomic E-state index is 12.0. The number of benzene rings is 2. The van der Waals surface area contributed by atoms with Crippen molar-refractivity contribution in [3.8, 4) is 5.75 Å². The number of Topliss-reactive ketones (excluding diaryl/α,β-unsaturated/α-hetero) is 1. The molecule has 0 atom stereocenters. The number of carbonyl (C=O) groups is 2. The summed E-state index contributed by atoms with van der Waals surface area (Å²) in [5, 5.41) is 3.50. The molecule has 120 valence electrons. The Morgan fingerprint density at radius 1 is 1.04 bits per heavy atom. The average molecular weight is 352 g/mol. The summed E-state index contributed by atoms with van der Waals surface area (Å²) in [7, 11) is 1.56. The van der Waals surface area contributed by atoms with Gasteiger partial charge in [0.2, 0.25) is 5.91 Å². The average Bonchev–Trinajstić information content (AvgIpc) is 2.55. The van der Waals surface area contributed by atoms with E-state index >= 15 is 0 Å². The number of carbonyl (C=O) groups excluding carboxylic acids is 2. The zero-order valence-corrected chi connectivity index (χ0v) is 13.9. The molecule has 0 fully saturated rings. The SMILES string of the molecule is COc1ccc(C(=O)CCC(=O)Nc2ccc(Cl)cc2Cl)cc1. The summed E-state index contributed by atoms with van der Waals surface area (Å²) in [6.07, 6.45) is 0.188. The predicted molar refractivity (Wildman–Crippen MR) is 91.7 cm³/mol. The third-order valence-corrected chi connectivity index (χ3v) is 3.74. The van der Waals surface area contributed by atoms with Gasteiger partial charge >= 0.3 is 0 Å². The summed E-state index contributed by atoms with van der Waals surface area (Å²) in [4.78, 5) is 24.0. The van der Waals surface area contributed by atoms with E-state index in [1.165, 1.54) is 0 Å². The number of nitrogens with one attached hydrogen (secondary N) is 1. The van der Waals surface area contributed by atoms with E-state index in [9.17, 15) is 9.59 Å². The van der Waals surface area contributed by atoms with E-state index in [1.807, 2.05) is 0 Å². The molecule has 0 aliphatic rings. The highest BCUT2D eigenvalue weighted by molar-refractivity contribution is 6.36. The van der Waals surface area contributed by atoms with Crippen molar-refractivity contribution in [1.29, 1.82) is 0 Å². The Hall–Kier alpha value is -2.04. The molecule has 0 saturated carbocycles. The number of anilines is 1. The fourth-order valence-corrected chi connectivity index (χ4v) is 2.41. The van der Waals surface area contributed by atoms with Crippen molar-refractivity contribution in [3.63, 3.8) is 0 Å². The lowest BCUT2D eigenvalue weighted by Crippen LogP contribution is -2.13. The number of methoxy groups -OCH3 is 1. The minimum atomic E-state index is -0.281. The Labute approximate surface area is 144 Å². The van der Waals surface area contributed by atoms with E-state index in [0.717, 1.165) is 0 Å². The van der Waals surface area contributed by atoms with Gasteiger partial charge in [-0.05, 0) is 42.5 Å². The quantitative estimate of drug-likeness (QED) is 0.773. The number of hydrogen-bond donors (Lipinski definition) is 1. The number of hydrogen-bond acceptors (Lipinski definition) is 3.